The van der Waals surface area contributed by atoms with E-state index in [0.717, 1.165) is 16.7 Å². The Morgan fingerprint density at radius 1 is 0.943 bits per heavy atom. The van der Waals surface area contributed by atoms with Crippen molar-refractivity contribution < 1.29 is 19.2 Å². The molecule has 2 unspecified atom stereocenters. The van der Waals surface area contributed by atoms with Gasteiger partial charge in [-0.2, -0.15) is 0 Å². The lowest BCUT2D eigenvalue weighted by Crippen LogP contribution is -2.16. The van der Waals surface area contributed by atoms with Crippen LogP contribution >= 0.6 is 0 Å². The van der Waals surface area contributed by atoms with Gasteiger partial charge in [0, 0.05) is 12.0 Å². The molecule has 1 aromatic heterocycles. The zero-order valence-electron chi connectivity index (χ0n) is 20.6. The first-order chi connectivity index (χ1) is 16.7. The molecule has 180 valence electrons. The van der Waals surface area contributed by atoms with Crippen molar-refractivity contribution in [3.63, 3.8) is 0 Å². The van der Waals surface area contributed by atoms with Gasteiger partial charge in [-0.15, -0.1) is 0 Å². The van der Waals surface area contributed by atoms with Crippen LogP contribution in [0.3, 0.4) is 0 Å². The van der Waals surface area contributed by atoms with Crippen LogP contribution in [0.5, 0.6) is 5.75 Å². The number of aromatic nitrogens is 1. The molecule has 3 aromatic carbocycles. The number of ether oxygens (including phenoxy) is 1. The van der Waals surface area contributed by atoms with Crippen LogP contribution < -0.4 is 4.74 Å². The highest BCUT2D eigenvalue weighted by molar-refractivity contribution is 5.68. The van der Waals surface area contributed by atoms with Crippen molar-refractivity contribution in [3.05, 3.63) is 119 Å². The van der Waals surface area contributed by atoms with Crippen LogP contribution in [-0.4, -0.2) is 16.2 Å². The highest BCUT2D eigenvalue weighted by Gasteiger charge is 2.23. The Labute approximate surface area is 206 Å². The van der Waals surface area contributed by atoms with E-state index in [4.69, 9.17) is 9.26 Å². The van der Waals surface area contributed by atoms with Crippen LogP contribution in [0.1, 0.15) is 72.7 Å². The molecule has 0 fully saturated rings. The Morgan fingerprint density at radius 3 is 2.23 bits per heavy atom. The van der Waals surface area contributed by atoms with Crippen molar-refractivity contribution in [2.24, 2.45) is 0 Å². The molecular weight excluding hydrogens is 438 g/mol. The van der Waals surface area contributed by atoms with E-state index in [0.29, 0.717) is 11.4 Å². The highest BCUT2D eigenvalue weighted by Crippen LogP contribution is 2.34. The van der Waals surface area contributed by atoms with Crippen LogP contribution in [0.15, 0.2) is 89.6 Å². The van der Waals surface area contributed by atoms with Gasteiger partial charge in [0.2, 0.25) is 0 Å². The van der Waals surface area contributed by atoms with E-state index in [2.05, 4.69) is 63.2 Å². The largest absolute Gasteiger partial charge is 0.481 e. The van der Waals surface area contributed by atoms with Crippen molar-refractivity contribution >= 4 is 5.97 Å². The molecule has 0 aliphatic heterocycles. The fraction of sp³-hybridized carbons (Fsp3) is 0.267. The number of carboxylic acid groups (broad SMARTS) is 1. The van der Waals surface area contributed by atoms with Crippen molar-refractivity contribution in [1.29, 1.82) is 0 Å². The first kappa shape index (κ1) is 24.3. The van der Waals surface area contributed by atoms with Crippen molar-refractivity contribution in [2.75, 3.05) is 0 Å². The summed E-state index contributed by atoms with van der Waals surface area (Å²) in [5.41, 5.74) is 6.15. The third-order valence-electron chi connectivity index (χ3n) is 6.20. The Balaban J connectivity index is 1.67. The number of aliphatic carboxylic acids is 1. The maximum Gasteiger partial charge on any atom is 0.304 e. The maximum atomic E-state index is 11.4. The monoisotopic (exact) mass is 469 g/mol. The second-order valence-electron chi connectivity index (χ2n) is 9.88. The minimum absolute atomic E-state index is 0.0171. The topological polar surface area (TPSA) is 72.6 Å². The smallest absolute Gasteiger partial charge is 0.304 e. The number of aryl methyl sites for hydroxylation is 1. The van der Waals surface area contributed by atoms with Crippen LogP contribution in [0.25, 0.3) is 0 Å². The second kappa shape index (κ2) is 10.2. The van der Waals surface area contributed by atoms with Crippen molar-refractivity contribution in [2.45, 2.75) is 51.6 Å². The summed E-state index contributed by atoms with van der Waals surface area (Å²) in [7, 11) is 0. The normalized spacial score (nSPS) is 13.3. The number of benzene rings is 3. The number of carbonyl (C=O) groups is 1. The summed E-state index contributed by atoms with van der Waals surface area (Å²) in [6.45, 7) is 8.81. The van der Waals surface area contributed by atoms with Crippen LogP contribution in [0, 0.1) is 6.92 Å². The lowest BCUT2D eigenvalue weighted by Gasteiger charge is -2.26. The van der Waals surface area contributed by atoms with Gasteiger partial charge in [0.15, 0.2) is 0 Å². The number of carboxylic acids is 1. The summed E-state index contributed by atoms with van der Waals surface area (Å²) < 4.78 is 11.5. The number of hydrogen-bond acceptors (Lipinski definition) is 4. The van der Waals surface area contributed by atoms with Gasteiger partial charge in [-0.3, -0.25) is 4.79 Å². The Kier molecular flexibility index (Phi) is 7.06. The summed E-state index contributed by atoms with van der Waals surface area (Å²) in [4.78, 5) is 11.4. The average molecular weight is 470 g/mol. The van der Waals surface area contributed by atoms with Gasteiger partial charge >= 0.3 is 5.97 Å². The summed E-state index contributed by atoms with van der Waals surface area (Å²) in [5, 5.41) is 13.3. The van der Waals surface area contributed by atoms with Crippen molar-refractivity contribution in [3.8, 4) is 5.75 Å². The van der Waals surface area contributed by atoms with Crippen LogP contribution in [0.4, 0.5) is 0 Å². The SMILES string of the molecule is Cc1ccc(C(Oc2ccc(C(CC(=O)O)c3ccon3)cc2)c2ccccc2)cc1C(C)(C)C. The fourth-order valence-corrected chi connectivity index (χ4v) is 4.45. The van der Waals surface area contributed by atoms with Crippen LogP contribution in [0.2, 0.25) is 0 Å². The lowest BCUT2D eigenvalue weighted by molar-refractivity contribution is -0.137. The molecule has 35 heavy (non-hydrogen) atoms. The molecule has 0 saturated carbocycles. The maximum absolute atomic E-state index is 11.4. The molecule has 1 N–H and O–H groups in total. The average Bonchev–Trinajstić information content (AvgIpc) is 3.36. The van der Waals surface area contributed by atoms with E-state index in [-0.39, 0.29) is 17.9 Å². The lowest BCUT2D eigenvalue weighted by atomic mass is 9.82. The molecule has 0 amide bonds. The van der Waals surface area contributed by atoms with E-state index in [1.165, 1.54) is 17.4 Å². The summed E-state index contributed by atoms with van der Waals surface area (Å²) in [6, 6.07) is 26.0. The van der Waals surface area contributed by atoms with Gasteiger partial charge in [0.05, 0.1) is 12.1 Å². The zero-order chi connectivity index (χ0) is 25.0. The van der Waals surface area contributed by atoms with Crippen LogP contribution in [-0.2, 0) is 10.2 Å². The van der Waals surface area contributed by atoms with E-state index in [9.17, 15) is 9.90 Å². The molecule has 0 spiro atoms. The molecule has 4 rings (SSSR count). The molecular formula is C30H31NO4. The first-order valence-corrected chi connectivity index (χ1v) is 11.8. The van der Waals surface area contributed by atoms with Gasteiger partial charge in [0.25, 0.3) is 0 Å². The highest BCUT2D eigenvalue weighted by atomic mass is 16.5. The second-order valence-corrected chi connectivity index (χ2v) is 9.88. The first-order valence-electron chi connectivity index (χ1n) is 11.8. The number of rotatable bonds is 8. The molecule has 5 heteroatoms. The predicted octanol–water partition coefficient (Wildman–Crippen LogP) is 7.06. The number of nitrogens with zero attached hydrogens (tertiary/aromatic N) is 1. The summed E-state index contributed by atoms with van der Waals surface area (Å²) >= 11 is 0. The zero-order valence-corrected chi connectivity index (χ0v) is 20.6. The molecule has 1 heterocycles. The standard InChI is InChI=1S/C30H31NO4/c1-20-10-11-23(18-26(20)30(2,3)4)29(22-8-6-5-7-9-22)35-24-14-12-21(13-15-24)25(19-28(32)33)27-16-17-34-31-27/h5-18,25,29H,19H2,1-4H3,(H,32,33). The van der Waals surface area contributed by atoms with E-state index in [1.54, 1.807) is 6.07 Å². The predicted molar refractivity (Wildman–Crippen MR) is 136 cm³/mol. The molecule has 5 nitrogen and oxygen atoms in total. The molecule has 0 aliphatic carbocycles. The Morgan fingerprint density at radius 2 is 1.63 bits per heavy atom. The van der Waals surface area contributed by atoms with Gasteiger partial charge in [-0.1, -0.05) is 86.6 Å². The molecule has 4 aromatic rings. The van der Waals surface area contributed by atoms with Gasteiger partial charge < -0.3 is 14.4 Å². The third kappa shape index (κ3) is 5.80. The minimum atomic E-state index is -0.892. The van der Waals surface area contributed by atoms with Gasteiger partial charge in [-0.25, -0.2) is 0 Å². The van der Waals surface area contributed by atoms with E-state index >= 15 is 0 Å². The number of hydrogen-bond donors (Lipinski definition) is 1. The Bertz CT molecular complexity index is 1260. The summed E-state index contributed by atoms with van der Waals surface area (Å²) in [6.07, 6.45) is 1.10. The third-order valence-corrected chi connectivity index (χ3v) is 6.20. The Hall–Kier alpha value is -3.86. The summed E-state index contributed by atoms with van der Waals surface area (Å²) in [5.74, 6) is -0.581. The fourth-order valence-electron chi connectivity index (χ4n) is 4.45. The molecule has 0 bridgehead atoms. The van der Waals surface area contributed by atoms with Crippen molar-refractivity contribution in [1.82, 2.24) is 5.16 Å². The van der Waals surface area contributed by atoms with E-state index in [1.807, 2.05) is 42.5 Å². The minimum Gasteiger partial charge on any atom is -0.481 e. The van der Waals surface area contributed by atoms with E-state index < -0.39 is 11.9 Å². The molecule has 0 saturated heterocycles. The van der Waals surface area contributed by atoms with Gasteiger partial charge in [-0.05, 0) is 52.3 Å². The molecule has 0 aliphatic rings. The molecule has 2 atom stereocenters. The quantitative estimate of drug-likeness (QED) is 0.299. The molecule has 0 radical (unpaired) electrons. The van der Waals surface area contributed by atoms with Gasteiger partial charge in [0.1, 0.15) is 18.1 Å².